The lowest BCUT2D eigenvalue weighted by Gasteiger charge is -2.44. The van der Waals surface area contributed by atoms with Crippen LogP contribution in [0, 0.1) is 0 Å². The van der Waals surface area contributed by atoms with E-state index in [1.807, 2.05) is 0 Å². The van der Waals surface area contributed by atoms with Crippen molar-refractivity contribution in [3.05, 3.63) is 65.9 Å². The maximum absolute atomic E-state index is 3.64. The second kappa shape index (κ2) is 5.14. The number of hydrogen-bond donors (Lipinski definition) is 1. The van der Waals surface area contributed by atoms with Crippen LogP contribution in [0.3, 0.4) is 0 Å². The molecule has 0 unspecified atom stereocenters. The summed E-state index contributed by atoms with van der Waals surface area (Å²) in [5.41, 5.74) is 5.61. The van der Waals surface area contributed by atoms with Gasteiger partial charge in [-0.25, -0.2) is 0 Å². The topological polar surface area (TPSA) is 22.3 Å². The number of hydrogen-bond acceptors (Lipinski definition) is 2. The van der Waals surface area contributed by atoms with Crippen molar-refractivity contribution in [2.75, 3.05) is 24.5 Å². The normalized spacial score (nSPS) is 21.2. The smallest absolute Gasteiger partial charge is 0.0459 e. The molecule has 1 saturated heterocycles. The van der Waals surface area contributed by atoms with Crippen LogP contribution in [0.15, 0.2) is 54.6 Å². The van der Waals surface area contributed by atoms with Gasteiger partial charge in [0.05, 0.1) is 0 Å². The van der Waals surface area contributed by atoms with Crippen LogP contribution in [0.5, 0.6) is 0 Å². The van der Waals surface area contributed by atoms with Crippen molar-refractivity contribution in [1.82, 2.24) is 9.88 Å². The molecule has 2 aliphatic rings. The van der Waals surface area contributed by atoms with E-state index in [1.165, 1.54) is 27.8 Å². The number of aromatic amines is 1. The number of aromatic nitrogens is 1. The van der Waals surface area contributed by atoms with Gasteiger partial charge in [0, 0.05) is 54.5 Å². The van der Waals surface area contributed by atoms with Crippen molar-refractivity contribution in [3.8, 4) is 0 Å². The molecular formula is C20H21N3. The summed E-state index contributed by atoms with van der Waals surface area (Å²) in [6.07, 6.45) is 1.16. The van der Waals surface area contributed by atoms with Gasteiger partial charge in [0.2, 0.25) is 0 Å². The summed E-state index contributed by atoms with van der Waals surface area (Å²) in [4.78, 5) is 8.83. The number of benzene rings is 2. The zero-order valence-corrected chi connectivity index (χ0v) is 13.2. The molecule has 0 bridgehead atoms. The van der Waals surface area contributed by atoms with Crippen LogP contribution >= 0.6 is 0 Å². The summed E-state index contributed by atoms with van der Waals surface area (Å²) in [6.45, 7) is 4.46. The number of piperazine rings is 1. The Bertz CT molecular complexity index is 836. The molecule has 0 radical (unpaired) electrons. The summed E-state index contributed by atoms with van der Waals surface area (Å²) < 4.78 is 0. The first-order valence-electron chi connectivity index (χ1n) is 8.51. The highest BCUT2D eigenvalue weighted by Crippen LogP contribution is 2.32. The second-order valence-electron chi connectivity index (χ2n) is 6.74. The van der Waals surface area contributed by atoms with E-state index in [0.29, 0.717) is 6.04 Å². The summed E-state index contributed by atoms with van der Waals surface area (Å²) in [7, 11) is 0. The number of H-pyrrole nitrogens is 1. The molecule has 0 aliphatic carbocycles. The van der Waals surface area contributed by atoms with Gasteiger partial charge >= 0.3 is 0 Å². The molecule has 3 heteroatoms. The molecule has 3 aromatic rings. The van der Waals surface area contributed by atoms with E-state index < -0.39 is 0 Å². The third kappa shape index (κ3) is 2.15. The van der Waals surface area contributed by atoms with E-state index in [-0.39, 0.29) is 0 Å². The van der Waals surface area contributed by atoms with Crippen molar-refractivity contribution in [2.45, 2.75) is 19.0 Å². The number of nitrogens with zero attached hydrogens (tertiary/aromatic N) is 2. The van der Waals surface area contributed by atoms with Crippen LogP contribution in [0.2, 0.25) is 0 Å². The van der Waals surface area contributed by atoms with Gasteiger partial charge in [-0.2, -0.15) is 0 Å². The van der Waals surface area contributed by atoms with Crippen LogP contribution in [0.4, 0.5) is 5.69 Å². The van der Waals surface area contributed by atoms with E-state index in [1.54, 1.807) is 0 Å². The number of para-hydroxylation sites is 2. The molecule has 1 N–H and O–H groups in total. The predicted octanol–water partition coefficient (Wildman–Crippen LogP) is 3.41. The first-order valence-corrected chi connectivity index (χ1v) is 8.51. The fourth-order valence-electron chi connectivity index (χ4n) is 4.23. The van der Waals surface area contributed by atoms with E-state index in [0.717, 1.165) is 32.6 Å². The van der Waals surface area contributed by atoms with Crippen molar-refractivity contribution in [3.63, 3.8) is 0 Å². The zero-order chi connectivity index (χ0) is 15.2. The summed E-state index contributed by atoms with van der Waals surface area (Å²) in [6, 6.07) is 20.2. The van der Waals surface area contributed by atoms with Crippen molar-refractivity contribution >= 4 is 16.6 Å². The minimum atomic E-state index is 0.621. The van der Waals surface area contributed by atoms with Crippen molar-refractivity contribution in [2.24, 2.45) is 0 Å². The Morgan fingerprint density at radius 1 is 0.913 bits per heavy atom. The van der Waals surface area contributed by atoms with Gasteiger partial charge in [0.15, 0.2) is 0 Å². The fourth-order valence-corrected chi connectivity index (χ4v) is 4.23. The Hall–Kier alpha value is -2.26. The molecule has 0 saturated carbocycles. The van der Waals surface area contributed by atoms with Gasteiger partial charge in [-0.1, -0.05) is 36.4 Å². The maximum atomic E-state index is 3.64. The molecule has 1 atom stereocenters. The molecule has 3 heterocycles. The van der Waals surface area contributed by atoms with Crippen LogP contribution < -0.4 is 4.90 Å². The molecular weight excluding hydrogens is 282 g/mol. The standard InChI is InChI=1S/C20H21N3/c1-2-6-15(7-3-1)22-10-11-23-14-20-18(12-16(23)13-22)17-8-4-5-9-19(17)21-20/h1-9,16,21H,10-14H2/t16-/m1/s1. The molecule has 116 valence electrons. The Labute approximate surface area is 136 Å². The average Bonchev–Trinajstić information content (AvgIpc) is 2.97. The number of rotatable bonds is 1. The first kappa shape index (κ1) is 13.2. The van der Waals surface area contributed by atoms with Crippen molar-refractivity contribution < 1.29 is 0 Å². The molecule has 0 spiro atoms. The number of anilines is 1. The van der Waals surface area contributed by atoms with E-state index in [2.05, 4.69) is 69.4 Å². The molecule has 2 aliphatic heterocycles. The Morgan fingerprint density at radius 2 is 1.74 bits per heavy atom. The van der Waals surface area contributed by atoms with E-state index in [4.69, 9.17) is 0 Å². The SMILES string of the molecule is c1ccc(N2CCN3Cc4[nH]c5ccccc5c4C[C@@H]3C2)cc1. The van der Waals surface area contributed by atoms with Crippen LogP contribution in [0.1, 0.15) is 11.3 Å². The van der Waals surface area contributed by atoms with Gasteiger partial charge < -0.3 is 9.88 Å². The second-order valence-corrected chi connectivity index (χ2v) is 6.74. The summed E-state index contributed by atoms with van der Waals surface area (Å²) in [5, 5.41) is 1.42. The molecule has 23 heavy (non-hydrogen) atoms. The molecule has 1 fully saturated rings. The van der Waals surface area contributed by atoms with Gasteiger partial charge in [0.1, 0.15) is 0 Å². The molecule has 1 aromatic heterocycles. The zero-order valence-electron chi connectivity index (χ0n) is 13.2. The largest absolute Gasteiger partial charge is 0.369 e. The van der Waals surface area contributed by atoms with E-state index >= 15 is 0 Å². The lowest BCUT2D eigenvalue weighted by Crippen LogP contribution is -2.55. The Morgan fingerprint density at radius 3 is 2.65 bits per heavy atom. The molecule has 2 aromatic carbocycles. The third-order valence-electron chi connectivity index (χ3n) is 5.43. The summed E-state index contributed by atoms with van der Waals surface area (Å²) in [5.74, 6) is 0. The van der Waals surface area contributed by atoms with Gasteiger partial charge in [-0.05, 0) is 30.2 Å². The minimum absolute atomic E-state index is 0.621. The quantitative estimate of drug-likeness (QED) is 0.744. The van der Waals surface area contributed by atoms with Crippen LogP contribution in [-0.2, 0) is 13.0 Å². The maximum Gasteiger partial charge on any atom is 0.0459 e. The lowest BCUT2D eigenvalue weighted by molar-refractivity contribution is 0.153. The van der Waals surface area contributed by atoms with Gasteiger partial charge in [-0.15, -0.1) is 0 Å². The van der Waals surface area contributed by atoms with Crippen molar-refractivity contribution in [1.29, 1.82) is 0 Å². The van der Waals surface area contributed by atoms with Crippen LogP contribution in [0.25, 0.3) is 10.9 Å². The van der Waals surface area contributed by atoms with E-state index in [9.17, 15) is 0 Å². The van der Waals surface area contributed by atoms with Crippen LogP contribution in [-0.4, -0.2) is 35.6 Å². The highest BCUT2D eigenvalue weighted by Gasteiger charge is 2.33. The Balaban J connectivity index is 1.46. The Kier molecular flexibility index (Phi) is 2.95. The monoisotopic (exact) mass is 303 g/mol. The fraction of sp³-hybridized carbons (Fsp3) is 0.300. The lowest BCUT2D eigenvalue weighted by atomic mass is 9.94. The van der Waals surface area contributed by atoms with Gasteiger partial charge in [0.25, 0.3) is 0 Å². The summed E-state index contributed by atoms with van der Waals surface area (Å²) >= 11 is 0. The third-order valence-corrected chi connectivity index (χ3v) is 5.43. The number of nitrogens with one attached hydrogen (secondary N) is 1. The first-order chi connectivity index (χ1) is 11.4. The minimum Gasteiger partial charge on any atom is -0.369 e. The highest BCUT2D eigenvalue weighted by molar-refractivity contribution is 5.85. The highest BCUT2D eigenvalue weighted by atomic mass is 15.3. The number of fused-ring (bicyclic) bond motifs is 4. The molecule has 3 nitrogen and oxygen atoms in total. The molecule has 5 rings (SSSR count). The molecule has 0 amide bonds. The predicted molar refractivity (Wildman–Crippen MR) is 94.9 cm³/mol. The van der Waals surface area contributed by atoms with Gasteiger partial charge in [-0.3, -0.25) is 4.90 Å². The average molecular weight is 303 g/mol.